The standard InChI is InChI=1S/C20H18N2O8/c1-20(2,3)30-18(23)9-6-13-4-7-17(8-5-13)29-19(24)14-10-15(21(25)26)12-16(11-14)22(27)28/h4-12H,1-3H3/b9-6+. The topological polar surface area (TPSA) is 139 Å². The second-order valence-electron chi connectivity index (χ2n) is 7.08. The lowest BCUT2D eigenvalue weighted by atomic mass is 10.1. The number of hydrogen-bond acceptors (Lipinski definition) is 8. The SMILES string of the molecule is CC(C)(C)OC(=O)/C=C/c1ccc(OC(=O)c2cc([N+](=O)[O-])cc([N+](=O)[O-])c2)cc1. The lowest BCUT2D eigenvalue weighted by Gasteiger charge is -2.17. The van der Waals surface area contributed by atoms with Gasteiger partial charge in [0.2, 0.25) is 0 Å². The molecule has 0 aliphatic carbocycles. The van der Waals surface area contributed by atoms with Crippen LogP contribution in [0.15, 0.2) is 48.5 Å². The third-order valence-corrected chi connectivity index (χ3v) is 3.47. The Balaban J connectivity index is 2.12. The zero-order valence-corrected chi connectivity index (χ0v) is 16.4. The number of nitrogens with zero attached hydrogens (tertiary/aromatic N) is 2. The molecule has 0 atom stereocenters. The maximum Gasteiger partial charge on any atom is 0.344 e. The summed E-state index contributed by atoms with van der Waals surface area (Å²) in [7, 11) is 0. The van der Waals surface area contributed by atoms with E-state index in [4.69, 9.17) is 9.47 Å². The lowest BCUT2D eigenvalue weighted by molar-refractivity contribution is -0.394. The van der Waals surface area contributed by atoms with Crippen molar-refractivity contribution in [3.05, 3.63) is 79.9 Å². The zero-order valence-electron chi connectivity index (χ0n) is 16.4. The summed E-state index contributed by atoms with van der Waals surface area (Å²) in [5.41, 5.74) is -1.50. The number of carbonyl (C=O) groups is 2. The molecule has 0 unspecified atom stereocenters. The van der Waals surface area contributed by atoms with Crippen molar-refractivity contribution >= 4 is 29.4 Å². The fraction of sp³-hybridized carbons (Fsp3) is 0.200. The maximum absolute atomic E-state index is 12.3. The van der Waals surface area contributed by atoms with Crippen molar-refractivity contribution in [2.45, 2.75) is 26.4 Å². The first kappa shape index (κ1) is 22.2. The third kappa shape index (κ3) is 6.51. The fourth-order valence-corrected chi connectivity index (χ4v) is 2.24. The van der Waals surface area contributed by atoms with E-state index in [1.165, 1.54) is 24.3 Å². The summed E-state index contributed by atoms with van der Waals surface area (Å²) in [6, 6.07) is 8.57. The smallest absolute Gasteiger partial charge is 0.344 e. The molecule has 0 bridgehead atoms. The molecule has 0 fully saturated rings. The Kier molecular flexibility index (Phi) is 6.62. The zero-order chi connectivity index (χ0) is 22.5. The summed E-state index contributed by atoms with van der Waals surface area (Å²) in [6.45, 7) is 5.24. The number of non-ortho nitro benzene ring substituents is 2. The molecule has 2 aromatic carbocycles. The lowest BCUT2D eigenvalue weighted by Crippen LogP contribution is -2.22. The molecule has 2 aromatic rings. The highest BCUT2D eigenvalue weighted by atomic mass is 16.6. The van der Waals surface area contributed by atoms with Crippen LogP contribution < -0.4 is 4.74 Å². The van der Waals surface area contributed by atoms with Gasteiger partial charge in [0.05, 0.1) is 21.5 Å². The van der Waals surface area contributed by atoms with Gasteiger partial charge in [-0.1, -0.05) is 12.1 Å². The van der Waals surface area contributed by atoms with Gasteiger partial charge in [0.1, 0.15) is 11.4 Å². The van der Waals surface area contributed by atoms with Gasteiger partial charge in [0.25, 0.3) is 11.4 Å². The van der Waals surface area contributed by atoms with Gasteiger partial charge in [-0.2, -0.15) is 0 Å². The molecule has 10 heteroatoms. The molecule has 10 nitrogen and oxygen atoms in total. The van der Waals surface area contributed by atoms with E-state index in [1.54, 1.807) is 32.9 Å². The van der Waals surface area contributed by atoms with E-state index in [1.807, 2.05) is 0 Å². The minimum Gasteiger partial charge on any atom is -0.457 e. The molecule has 0 saturated carbocycles. The monoisotopic (exact) mass is 414 g/mol. The second kappa shape index (κ2) is 8.95. The first-order valence-corrected chi connectivity index (χ1v) is 8.62. The molecule has 0 aliphatic heterocycles. The molecule has 0 amide bonds. The van der Waals surface area contributed by atoms with Crippen LogP contribution in [0.1, 0.15) is 36.7 Å². The highest BCUT2D eigenvalue weighted by Crippen LogP contribution is 2.24. The summed E-state index contributed by atoms with van der Waals surface area (Å²) >= 11 is 0. The van der Waals surface area contributed by atoms with Crippen molar-refractivity contribution in [1.82, 2.24) is 0 Å². The fourth-order valence-electron chi connectivity index (χ4n) is 2.24. The van der Waals surface area contributed by atoms with Crippen LogP contribution in [0, 0.1) is 20.2 Å². The minimum atomic E-state index is -0.987. The number of nitro groups is 2. The molecule has 0 aliphatic rings. The first-order chi connectivity index (χ1) is 13.9. The van der Waals surface area contributed by atoms with Crippen molar-refractivity contribution in [3.8, 4) is 5.75 Å². The van der Waals surface area contributed by atoms with Crippen molar-refractivity contribution < 1.29 is 28.9 Å². The van der Waals surface area contributed by atoms with E-state index in [-0.39, 0.29) is 11.3 Å². The van der Waals surface area contributed by atoms with Gasteiger partial charge in [-0.3, -0.25) is 20.2 Å². The Morgan fingerprint density at radius 3 is 1.93 bits per heavy atom. The van der Waals surface area contributed by atoms with E-state index in [2.05, 4.69) is 0 Å². The van der Waals surface area contributed by atoms with Gasteiger partial charge in [0.15, 0.2) is 0 Å². The van der Waals surface area contributed by atoms with Crippen LogP contribution in [0.5, 0.6) is 5.75 Å². The molecule has 0 spiro atoms. The summed E-state index contributed by atoms with van der Waals surface area (Å²) in [6.07, 6.45) is 2.78. The molecule has 0 N–H and O–H groups in total. The Hall–Kier alpha value is -4.08. The number of esters is 2. The number of ether oxygens (including phenoxy) is 2. The quantitative estimate of drug-likeness (QED) is 0.226. The molecule has 0 saturated heterocycles. The maximum atomic E-state index is 12.3. The molecule has 0 radical (unpaired) electrons. The van der Waals surface area contributed by atoms with E-state index in [0.29, 0.717) is 5.56 Å². The summed E-state index contributed by atoms with van der Waals surface area (Å²) in [5, 5.41) is 21.8. The Labute approximate surface area is 171 Å². The number of hydrogen-bond donors (Lipinski definition) is 0. The molecular weight excluding hydrogens is 396 g/mol. The summed E-state index contributed by atoms with van der Waals surface area (Å²) in [5.74, 6) is -1.38. The molecule has 2 rings (SSSR count). The number of rotatable bonds is 6. The van der Waals surface area contributed by atoms with Crippen molar-refractivity contribution in [2.24, 2.45) is 0 Å². The largest absolute Gasteiger partial charge is 0.457 e. The number of nitro benzene ring substituents is 2. The highest BCUT2D eigenvalue weighted by Gasteiger charge is 2.21. The third-order valence-electron chi connectivity index (χ3n) is 3.47. The van der Waals surface area contributed by atoms with E-state index in [9.17, 15) is 29.8 Å². The predicted octanol–water partition coefficient (Wildman–Crippen LogP) is 4.08. The number of carbonyl (C=O) groups excluding carboxylic acids is 2. The van der Waals surface area contributed by atoms with E-state index < -0.39 is 38.8 Å². The van der Waals surface area contributed by atoms with Crippen LogP contribution in [-0.2, 0) is 9.53 Å². The number of benzene rings is 2. The Morgan fingerprint density at radius 1 is 0.933 bits per heavy atom. The minimum absolute atomic E-state index is 0.114. The van der Waals surface area contributed by atoms with E-state index >= 15 is 0 Å². The van der Waals surface area contributed by atoms with Crippen LogP contribution in [0.25, 0.3) is 6.08 Å². The van der Waals surface area contributed by atoms with Gasteiger partial charge >= 0.3 is 11.9 Å². The Bertz CT molecular complexity index is 988. The molecule has 0 heterocycles. The normalized spacial score (nSPS) is 11.2. The van der Waals surface area contributed by atoms with Gasteiger partial charge in [-0.05, 0) is 44.5 Å². The average Bonchev–Trinajstić information content (AvgIpc) is 2.65. The van der Waals surface area contributed by atoms with Gasteiger partial charge in [-0.25, -0.2) is 9.59 Å². The molecular formula is C20H18N2O8. The van der Waals surface area contributed by atoms with Gasteiger partial charge in [0, 0.05) is 18.2 Å². The van der Waals surface area contributed by atoms with Crippen molar-refractivity contribution in [2.75, 3.05) is 0 Å². The van der Waals surface area contributed by atoms with Crippen LogP contribution in [0.2, 0.25) is 0 Å². The highest BCUT2D eigenvalue weighted by molar-refractivity contribution is 5.92. The molecule has 0 aromatic heterocycles. The van der Waals surface area contributed by atoms with Crippen molar-refractivity contribution in [1.29, 1.82) is 0 Å². The van der Waals surface area contributed by atoms with E-state index in [0.717, 1.165) is 18.2 Å². The predicted molar refractivity (Wildman–Crippen MR) is 106 cm³/mol. The second-order valence-corrected chi connectivity index (χ2v) is 7.08. The van der Waals surface area contributed by atoms with Gasteiger partial charge in [-0.15, -0.1) is 0 Å². The average molecular weight is 414 g/mol. The Morgan fingerprint density at radius 2 is 1.47 bits per heavy atom. The summed E-state index contributed by atoms with van der Waals surface area (Å²) in [4.78, 5) is 44.1. The van der Waals surface area contributed by atoms with Crippen LogP contribution >= 0.6 is 0 Å². The summed E-state index contributed by atoms with van der Waals surface area (Å²) < 4.78 is 10.3. The van der Waals surface area contributed by atoms with Gasteiger partial charge < -0.3 is 9.47 Å². The molecule has 30 heavy (non-hydrogen) atoms. The van der Waals surface area contributed by atoms with Crippen LogP contribution in [0.4, 0.5) is 11.4 Å². The molecule has 156 valence electrons. The van der Waals surface area contributed by atoms with Crippen molar-refractivity contribution in [3.63, 3.8) is 0 Å². The van der Waals surface area contributed by atoms with Crippen LogP contribution in [0.3, 0.4) is 0 Å². The first-order valence-electron chi connectivity index (χ1n) is 8.62. The van der Waals surface area contributed by atoms with Crippen LogP contribution in [-0.4, -0.2) is 27.4 Å².